The van der Waals surface area contributed by atoms with Crippen LogP contribution in [0.5, 0.6) is 5.75 Å². The van der Waals surface area contributed by atoms with Gasteiger partial charge in [-0.1, -0.05) is 12.5 Å². The zero-order valence-corrected chi connectivity index (χ0v) is 11.0. The first-order valence-corrected chi connectivity index (χ1v) is 6.55. The average Bonchev–Trinajstić information content (AvgIpc) is 2.39. The number of hydrogen-bond donors (Lipinski definition) is 2. The first kappa shape index (κ1) is 13.8. The number of primary amides is 1. The third-order valence-corrected chi connectivity index (χ3v) is 3.57. The maximum atomic E-state index is 13.6. The van der Waals surface area contributed by atoms with Gasteiger partial charge in [0.05, 0.1) is 0 Å². The Bertz CT molecular complexity index is 465. The molecular weight excluding hydrogens is 247 g/mol. The van der Waals surface area contributed by atoms with E-state index in [0.29, 0.717) is 0 Å². The van der Waals surface area contributed by atoms with Crippen molar-refractivity contribution in [2.24, 2.45) is 5.73 Å². The molecule has 1 aromatic rings. The van der Waals surface area contributed by atoms with Crippen LogP contribution in [0.2, 0.25) is 0 Å². The molecule has 0 spiro atoms. The van der Waals surface area contributed by atoms with Gasteiger partial charge in [0.1, 0.15) is 23.2 Å². The molecule has 0 heterocycles. The smallest absolute Gasteiger partial charge is 0.255 e. The molecule has 0 saturated heterocycles. The van der Waals surface area contributed by atoms with Crippen LogP contribution >= 0.6 is 0 Å². The highest BCUT2D eigenvalue weighted by Crippen LogP contribution is 2.27. The summed E-state index contributed by atoms with van der Waals surface area (Å²) < 4.78 is 19.5. The standard InChI is InChI=1S/C14H19FN2O2/c1-17-10-6-2-3-7-11(10)19-12-8-4-5-9(15)13(12)14(16)18/h4-5,8,10-11,17H,2-3,6-7H2,1H3,(H2,16,18). The molecule has 1 fully saturated rings. The summed E-state index contributed by atoms with van der Waals surface area (Å²) >= 11 is 0. The third kappa shape index (κ3) is 3.04. The number of likely N-dealkylation sites (N-methyl/N-ethyl adjacent to an activating group) is 1. The fourth-order valence-electron chi connectivity index (χ4n) is 2.57. The molecule has 1 aliphatic carbocycles. The lowest BCUT2D eigenvalue weighted by Gasteiger charge is -2.32. The van der Waals surface area contributed by atoms with E-state index in [1.54, 1.807) is 6.07 Å². The molecule has 2 unspecified atom stereocenters. The number of amides is 1. The molecule has 4 nitrogen and oxygen atoms in total. The largest absolute Gasteiger partial charge is 0.488 e. The van der Waals surface area contributed by atoms with Crippen molar-refractivity contribution >= 4 is 5.91 Å². The summed E-state index contributed by atoms with van der Waals surface area (Å²) in [5.41, 5.74) is 5.05. The van der Waals surface area contributed by atoms with Gasteiger partial charge in [0, 0.05) is 6.04 Å². The van der Waals surface area contributed by atoms with Crippen LogP contribution in [-0.2, 0) is 0 Å². The second-order valence-electron chi connectivity index (χ2n) is 4.81. The van der Waals surface area contributed by atoms with Crippen LogP contribution in [0.25, 0.3) is 0 Å². The summed E-state index contributed by atoms with van der Waals surface area (Å²) in [6, 6.07) is 4.54. The summed E-state index contributed by atoms with van der Waals surface area (Å²) in [6.45, 7) is 0. The molecular formula is C14H19FN2O2. The van der Waals surface area contributed by atoms with E-state index < -0.39 is 11.7 Å². The molecule has 3 N–H and O–H groups in total. The maximum Gasteiger partial charge on any atom is 0.255 e. The topological polar surface area (TPSA) is 64.3 Å². The molecule has 2 rings (SSSR count). The van der Waals surface area contributed by atoms with Gasteiger partial charge in [-0.25, -0.2) is 4.39 Å². The molecule has 1 amide bonds. The van der Waals surface area contributed by atoms with Crippen molar-refractivity contribution in [2.45, 2.75) is 37.8 Å². The maximum absolute atomic E-state index is 13.6. The second-order valence-corrected chi connectivity index (χ2v) is 4.81. The Balaban J connectivity index is 2.22. The van der Waals surface area contributed by atoms with Gasteiger partial charge >= 0.3 is 0 Å². The van der Waals surface area contributed by atoms with Crippen LogP contribution in [0.4, 0.5) is 4.39 Å². The van der Waals surface area contributed by atoms with E-state index in [1.165, 1.54) is 12.1 Å². The van der Waals surface area contributed by atoms with Crippen LogP contribution in [0.15, 0.2) is 18.2 Å². The lowest BCUT2D eigenvalue weighted by molar-refractivity contribution is 0.0964. The van der Waals surface area contributed by atoms with Gasteiger partial charge < -0.3 is 15.8 Å². The van der Waals surface area contributed by atoms with Crippen LogP contribution in [0.3, 0.4) is 0 Å². The Morgan fingerprint density at radius 1 is 1.42 bits per heavy atom. The number of nitrogens with one attached hydrogen (secondary N) is 1. The van der Waals surface area contributed by atoms with E-state index in [2.05, 4.69) is 5.32 Å². The predicted octanol–water partition coefficient (Wildman–Crippen LogP) is 1.83. The molecule has 0 aromatic heterocycles. The van der Waals surface area contributed by atoms with Crippen molar-refractivity contribution in [3.63, 3.8) is 0 Å². The van der Waals surface area contributed by atoms with Crippen LogP contribution in [0.1, 0.15) is 36.0 Å². The SMILES string of the molecule is CNC1CCCCC1Oc1cccc(F)c1C(N)=O. The molecule has 104 valence electrons. The van der Waals surface area contributed by atoms with Gasteiger partial charge in [-0.2, -0.15) is 0 Å². The van der Waals surface area contributed by atoms with Crippen molar-refractivity contribution in [2.75, 3.05) is 7.05 Å². The minimum Gasteiger partial charge on any atom is -0.488 e. The van der Waals surface area contributed by atoms with Crippen molar-refractivity contribution in [3.8, 4) is 5.75 Å². The second kappa shape index (κ2) is 6.02. The predicted molar refractivity (Wildman–Crippen MR) is 70.6 cm³/mol. The molecule has 0 bridgehead atoms. The molecule has 5 heteroatoms. The highest BCUT2D eigenvalue weighted by Gasteiger charge is 2.27. The summed E-state index contributed by atoms with van der Waals surface area (Å²) in [6.07, 6.45) is 4.07. The van der Waals surface area contributed by atoms with Gasteiger partial charge in [-0.05, 0) is 38.4 Å². The molecule has 0 aliphatic heterocycles. The Labute approximate surface area is 112 Å². The van der Waals surface area contributed by atoms with E-state index in [1.807, 2.05) is 7.05 Å². The third-order valence-electron chi connectivity index (χ3n) is 3.57. The van der Waals surface area contributed by atoms with Gasteiger partial charge in [0.15, 0.2) is 0 Å². The number of carbonyl (C=O) groups is 1. The van der Waals surface area contributed by atoms with Gasteiger partial charge in [0.2, 0.25) is 0 Å². The number of nitrogens with two attached hydrogens (primary N) is 1. The lowest BCUT2D eigenvalue weighted by atomic mass is 9.92. The Morgan fingerprint density at radius 3 is 2.84 bits per heavy atom. The monoisotopic (exact) mass is 266 g/mol. The van der Waals surface area contributed by atoms with E-state index in [9.17, 15) is 9.18 Å². The first-order chi connectivity index (χ1) is 9.13. The Hall–Kier alpha value is -1.62. The molecule has 2 atom stereocenters. The minimum atomic E-state index is -0.801. The fourth-order valence-corrected chi connectivity index (χ4v) is 2.57. The van der Waals surface area contributed by atoms with Crippen molar-refractivity contribution < 1.29 is 13.9 Å². The summed E-state index contributed by atoms with van der Waals surface area (Å²) in [5, 5.41) is 3.20. The van der Waals surface area contributed by atoms with E-state index in [4.69, 9.17) is 10.5 Å². The Morgan fingerprint density at radius 2 is 2.16 bits per heavy atom. The van der Waals surface area contributed by atoms with Gasteiger partial charge in [0.25, 0.3) is 5.91 Å². The zero-order valence-electron chi connectivity index (χ0n) is 11.0. The number of benzene rings is 1. The number of hydrogen-bond acceptors (Lipinski definition) is 3. The first-order valence-electron chi connectivity index (χ1n) is 6.55. The minimum absolute atomic E-state index is 0.0568. The van der Waals surface area contributed by atoms with Crippen LogP contribution < -0.4 is 15.8 Å². The molecule has 19 heavy (non-hydrogen) atoms. The highest BCUT2D eigenvalue weighted by atomic mass is 19.1. The quantitative estimate of drug-likeness (QED) is 0.874. The van der Waals surface area contributed by atoms with Crippen LogP contribution in [-0.4, -0.2) is 25.1 Å². The van der Waals surface area contributed by atoms with E-state index in [0.717, 1.165) is 25.7 Å². The van der Waals surface area contributed by atoms with Crippen molar-refractivity contribution in [3.05, 3.63) is 29.6 Å². The normalized spacial score (nSPS) is 23.1. The summed E-state index contributed by atoms with van der Waals surface area (Å²) in [4.78, 5) is 11.3. The van der Waals surface area contributed by atoms with E-state index in [-0.39, 0.29) is 23.5 Å². The average molecular weight is 266 g/mol. The molecule has 0 radical (unpaired) electrons. The zero-order chi connectivity index (χ0) is 13.8. The molecule has 1 aromatic carbocycles. The molecule has 1 saturated carbocycles. The van der Waals surface area contributed by atoms with Gasteiger partial charge in [-0.3, -0.25) is 4.79 Å². The van der Waals surface area contributed by atoms with Crippen molar-refractivity contribution in [1.82, 2.24) is 5.32 Å². The Kier molecular flexibility index (Phi) is 4.37. The fraction of sp³-hybridized carbons (Fsp3) is 0.500. The number of carbonyl (C=O) groups excluding carboxylic acids is 1. The van der Waals surface area contributed by atoms with Gasteiger partial charge in [-0.15, -0.1) is 0 Å². The number of halogens is 1. The summed E-state index contributed by atoms with van der Waals surface area (Å²) in [5.74, 6) is -1.20. The summed E-state index contributed by atoms with van der Waals surface area (Å²) in [7, 11) is 1.88. The lowest BCUT2D eigenvalue weighted by Crippen LogP contribution is -2.43. The number of rotatable bonds is 4. The highest BCUT2D eigenvalue weighted by molar-refractivity contribution is 5.95. The molecule has 1 aliphatic rings. The number of ether oxygens (including phenoxy) is 1. The van der Waals surface area contributed by atoms with E-state index >= 15 is 0 Å². The van der Waals surface area contributed by atoms with Crippen molar-refractivity contribution in [1.29, 1.82) is 0 Å². The van der Waals surface area contributed by atoms with Crippen LogP contribution in [0, 0.1) is 5.82 Å².